The fourth-order valence-electron chi connectivity index (χ4n) is 2.85. The third-order valence-corrected chi connectivity index (χ3v) is 5.12. The van der Waals surface area contributed by atoms with Gasteiger partial charge in [0.25, 0.3) is 0 Å². The highest BCUT2D eigenvalue weighted by atomic mass is 32.2. The van der Waals surface area contributed by atoms with E-state index < -0.39 is 0 Å². The first-order valence-corrected chi connectivity index (χ1v) is 8.18. The normalized spacial score (nSPS) is 17.0. The van der Waals surface area contributed by atoms with Crippen molar-refractivity contribution in [3.8, 4) is 5.75 Å². The Morgan fingerprint density at radius 3 is 2.86 bits per heavy atom. The maximum absolute atomic E-state index is 5.29. The summed E-state index contributed by atoms with van der Waals surface area (Å²) < 4.78 is 5.29. The van der Waals surface area contributed by atoms with Gasteiger partial charge >= 0.3 is 0 Å². The molecule has 1 aliphatic rings. The first kappa shape index (κ1) is 14.5. The number of hydrogen-bond acceptors (Lipinski definition) is 3. The van der Waals surface area contributed by atoms with Gasteiger partial charge in [-0.05, 0) is 42.8 Å². The van der Waals surface area contributed by atoms with Crippen LogP contribution in [0, 0.1) is 0 Å². The van der Waals surface area contributed by atoms with Crippen LogP contribution in [0.3, 0.4) is 0 Å². The molecular formula is C18H21NOS. The molecule has 2 nitrogen and oxygen atoms in total. The van der Waals surface area contributed by atoms with E-state index in [0.717, 1.165) is 18.8 Å². The molecule has 1 aliphatic heterocycles. The summed E-state index contributed by atoms with van der Waals surface area (Å²) in [5.74, 6) is 0.934. The molecule has 2 aromatic rings. The monoisotopic (exact) mass is 299 g/mol. The Hall–Kier alpha value is -1.45. The molecule has 3 heteroatoms. The summed E-state index contributed by atoms with van der Waals surface area (Å²) in [6, 6.07) is 17.1. The second kappa shape index (κ2) is 6.54. The van der Waals surface area contributed by atoms with Crippen molar-refractivity contribution in [3.63, 3.8) is 0 Å². The zero-order valence-electron chi connectivity index (χ0n) is 12.6. The lowest BCUT2D eigenvalue weighted by molar-refractivity contribution is 0.326. The van der Waals surface area contributed by atoms with Crippen molar-refractivity contribution in [1.29, 1.82) is 0 Å². The van der Waals surface area contributed by atoms with Crippen LogP contribution in [0.4, 0.5) is 0 Å². The van der Waals surface area contributed by atoms with Crippen LogP contribution in [-0.2, 0) is 13.0 Å². The molecule has 2 aromatic carbocycles. The van der Waals surface area contributed by atoms with E-state index in [9.17, 15) is 0 Å². The summed E-state index contributed by atoms with van der Waals surface area (Å²) in [5, 5.41) is 0.665. The SMILES string of the molecule is COc1cccc(CN(C)CC2Cc3ccccc3S2)c1. The Labute approximate surface area is 131 Å². The highest BCUT2D eigenvalue weighted by molar-refractivity contribution is 8.00. The largest absolute Gasteiger partial charge is 0.497 e. The van der Waals surface area contributed by atoms with Crippen molar-refractivity contribution in [2.24, 2.45) is 0 Å². The highest BCUT2D eigenvalue weighted by Gasteiger charge is 2.22. The molecule has 3 rings (SSSR count). The molecule has 1 atom stereocenters. The fraction of sp³-hybridized carbons (Fsp3) is 0.333. The van der Waals surface area contributed by atoms with E-state index in [2.05, 4.69) is 54.4 Å². The van der Waals surface area contributed by atoms with Crippen LogP contribution in [0.25, 0.3) is 0 Å². The van der Waals surface area contributed by atoms with Crippen molar-refractivity contribution in [2.75, 3.05) is 20.7 Å². The highest BCUT2D eigenvalue weighted by Crippen LogP contribution is 2.37. The fourth-order valence-corrected chi connectivity index (χ4v) is 4.26. The molecule has 1 heterocycles. The summed E-state index contributed by atoms with van der Waals surface area (Å²) in [4.78, 5) is 3.86. The van der Waals surface area contributed by atoms with Gasteiger partial charge in [0.05, 0.1) is 7.11 Å². The van der Waals surface area contributed by atoms with Crippen LogP contribution in [0.5, 0.6) is 5.75 Å². The molecule has 110 valence electrons. The van der Waals surface area contributed by atoms with Gasteiger partial charge in [-0.25, -0.2) is 0 Å². The zero-order chi connectivity index (χ0) is 14.7. The zero-order valence-corrected chi connectivity index (χ0v) is 13.4. The molecule has 0 saturated heterocycles. The average molecular weight is 299 g/mol. The molecule has 0 bridgehead atoms. The Morgan fingerprint density at radius 1 is 1.19 bits per heavy atom. The minimum absolute atomic E-state index is 0.665. The quantitative estimate of drug-likeness (QED) is 0.832. The van der Waals surface area contributed by atoms with Crippen LogP contribution >= 0.6 is 11.8 Å². The molecule has 0 saturated carbocycles. The van der Waals surface area contributed by atoms with Crippen LogP contribution < -0.4 is 4.74 Å². The maximum atomic E-state index is 5.29. The first-order chi connectivity index (χ1) is 10.2. The van der Waals surface area contributed by atoms with Crippen molar-refractivity contribution in [1.82, 2.24) is 4.90 Å². The first-order valence-electron chi connectivity index (χ1n) is 7.30. The molecule has 0 radical (unpaired) electrons. The molecular weight excluding hydrogens is 278 g/mol. The van der Waals surface area contributed by atoms with Crippen LogP contribution in [0.15, 0.2) is 53.4 Å². The predicted octanol–water partition coefficient (Wildman–Crippen LogP) is 3.84. The topological polar surface area (TPSA) is 12.5 Å². The van der Waals surface area contributed by atoms with Crippen molar-refractivity contribution >= 4 is 11.8 Å². The summed E-state index contributed by atoms with van der Waals surface area (Å²) in [6.07, 6.45) is 1.18. The summed E-state index contributed by atoms with van der Waals surface area (Å²) in [6.45, 7) is 2.07. The maximum Gasteiger partial charge on any atom is 0.119 e. The van der Waals surface area contributed by atoms with Crippen LogP contribution in [0.2, 0.25) is 0 Å². The van der Waals surface area contributed by atoms with Crippen molar-refractivity contribution in [2.45, 2.75) is 23.1 Å². The Morgan fingerprint density at radius 2 is 2.05 bits per heavy atom. The van der Waals surface area contributed by atoms with Gasteiger partial charge in [0.15, 0.2) is 0 Å². The van der Waals surface area contributed by atoms with E-state index >= 15 is 0 Å². The molecule has 21 heavy (non-hydrogen) atoms. The third kappa shape index (κ3) is 3.60. The summed E-state index contributed by atoms with van der Waals surface area (Å²) >= 11 is 2.02. The second-order valence-corrected chi connectivity index (χ2v) is 6.94. The summed E-state index contributed by atoms with van der Waals surface area (Å²) in [7, 11) is 3.91. The Bertz CT molecular complexity index is 589. The van der Waals surface area contributed by atoms with Gasteiger partial charge in [-0.1, -0.05) is 30.3 Å². The second-order valence-electron chi connectivity index (χ2n) is 5.60. The molecule has 0 amide bonds. The predicted molar refractivity (Wildman–Crippen MR) is 89.1 cm³/mol. The van der Waals surface area contributed by atoms with E-state index in [0.29, 0.717) is 5.25 Å². The van der Waals surface area contributed by atoms with Gasteiger partial charge in [-0.3, -0.25) is 0 Å². The van der Waals surface area contributed by atoms with Gasteiger partial charge in [0.1, 0.15) is 5.75 Å². The minimum atomic E-state index is 0.665. The third-order valence-electron chi connectivity index (χ3n) is 3.82. The Balaban J connectivity index is 1.56. The Kier molecular flexibility index (Phi) is 4.51. The van der Waals surface area contributed by atoms with Crippen molar-refractivity contribution in [3.05, 3.63) is 59.7 Å². The molecule has 1 unspecified atom stereocenters. The molecule has 0 spiro atoms. The summed E-state index contributed by atoms with van der Waals surface area (Å²) in [5.41, 5.74) is 2.81. The van der Waals surface area contributed by atoms with E-state index in [1.807, 2.05) is 17.8 Å². The number of hydrogen-bond donors (Lipinski definition) is 0. The number of fused-ring (bicyclic) bond motifs is 1. The van der Waals surface area contributed by atoms with E-state index in [1.165, 1.54) is 22.4 Å². The lowest BCUT2D eigenvalue weighted by Gasteiger charge is -2.20. The number of ether oxygens (including phenoxy) is 1. The lowest BCUT2D eigenvalue weighted by atomic mass is 10.1. The van der Waals surface area contributed by atoms with Crippen molar-refractivity contribution < 1.29 is 4.74 Å². The molecule has 0 aromatic heterocycles. The minimum Gasteiger partial charge on any atom is -0.497 e. The van der Waals surface area contributed by atoms with E-state index in [1.54, 1.807) is 7.11 Å². The smallest absolute Gasteiger partial charge is 0.119 e. The standard InChI is InChI=1S/C18H21NOS/c1-19(12-14-6-5-8-16(10-14)20-2)13-17-11-15-7-3-4-9-18(15)21-17/h3-10,17H,11-13H2,1-2H3. The average Bonchev–Trinajstić information content (AvgIpc) is 2.89. The molecule has 0 fully saturated rings. The number of methoxy groups -OCH3 is 1. The van der Waals surface area contributed by atoms with Gasteiger partial charge in [0.2, 0.25) is 0 Å². The van der Waals surface area contributed by atoms with Gasteiger partial charge in [-0.2, -0.15) is 0 Å². The molecule has 0 aliphatic carbocycles. The lowest BCUT2D eigenvalue weighted by Crippen LogP contribution is -2.26. The van der Waals surface area contributed by atoms with Gasteiger partial charge < -0.3 is 9.64 Å². The van der Waals surface area contributed by atoms with E-state index in [4.69, 9.17) is 4.74 Å². The number of nitrogens with zero attached hydrogens (tertiary/aromatic N) is 1. The molecule has 0 N–H and O–H groups in total. The van der Waals surface area contributed by atoms with E-state index in [-0.39, 0.29) is 0 Å². The van der Waals surface area contributed by atoms with Crippen LogP contribution in [0.1, 0.15) is 11.1 Å². The number of benzene rings is 2. The number of thioether (sulfide) groups is 1. The van der Waals surface area contributed by atoms with Gasteiger partial charge in [0, 0.05) is 23.2 Å². The van der Waals surface area contributed by atoms with Gasteiger partial charge in [-0.15, -0.1) is 11.8 Å². The number of rotatable bonds is 5. The van der Waals surface area contributed by atoms with Crippen LogP contribution in [-0.4, -0.2) is 30.9 Å².